The van der Waals surface area contributed by atoms with Crippen LogP contribution in [0.4, 0.5) is 20.2 Å². The second kappa shape index (κ2) is 9.89. The van der Waals surface area contributed by atoms with E-state index in [0.717, 1.165) is 41.9 Å². The zero-order valence-corrected chi connectivity index (χ0v) is 17.8. The molecule has 1 aliphatic heterocycles. The maximum Gasteiger partial charge on any atom is 0.248 e. The molecule has 1 aliphatic carbocycles. The van der Waals surface area contributed by atoms with Crippen LogP contribution in [0.25, 0.3) is 11.1 Å². The highest BCUT2D eigenvalue weighted by atomic mass is 19.3. The lowest BCUT2D eigenvalue weighted by Gasteiger charge is -2.30. The number of nitrogens with zero attached hydrogens (tertiary/aromatic N) is 1. The summed E-state index contributed by atoms with van der Waals surface area (Å²) in [5.74, 6) is -1.66. The van der Waals surface area contributed by atoms with Crippen molar-refractivity contribution in [1.82, 2.24) is 10.5 Å². The fraction of sp³-hybridized carbons (Fsp3) is 0.500. The van der Waals surface area contributed by atoms with Crippen LogP contribution in [0, 0.1) is 13.8 Å². The van der Waals surface area contributed by atoms with Gasteiger partial charge in [-0.15, -0.1) is 0 Å². The van der Waals surface area contributed by atoms with Gasteiger partial charge in [0.1, 0.15) is 5.76 Å². The number of nitrogens with one attached hydrogen (secondary N) is 3. The Morgan fingerprint density at radius 1 is 1.23 bits per heavy atom. The van der Waals surface area contributed by atoms with Gasteiger partial charge in [0.05, 0.1) is 17.1 Å². The summed E-state index contributed by atoms with van der Waals surface area (Å²) in [6.07, 6.45) is 2.94. The molecule has 168 valence electrons. The Balaban J connectivity index is 0.000000391. The maximum atomic E-state index is 13.3. The van der Waals surface area contributed by atoms with E-state index < -0.39 is 5.92 Å². The van der Waals surface area contributed by atoms with Gasteiger partial charge < -0.3 is 20.5 Å². The van der Waals surface area contributed by atoms with Crippen LogP contribution in [-0.2, 0) is 9.59 Å². The summed E-state index contributed by atoms with van der Waals surface area (Å²) >= 11 is 0. The van der Waals surface area contributed by atoms with Crippen LogP contribution in [0.5, 0.6) is 0 Å². The highest BCUT2D eigenvalue weighted by Crippen LogP contribution is 2.37. The normalized spacial score (nSPS) is 18.0. The molecule has 0 bridgehead atoms. The summed E-state index contributed by atoms with van der Waals surface area (Å²) in [4.78, 5) is 21.1. The fourth-order valence-corrected chi connectivity index (χ4v) is 3.87. The molecule has 0 spiro atoms. The second-order valence-electron chi connectivity index (χ2n) is 7.95. The van der Waals surface area contributed by atoms with Crippen LogP contribution in [-0.4, -0.2) is 36.0 Å². The Bertz CT molecular complexity index is 892. The van der Waals surface area contributed by atoms with Crippen LogP contribution in [0.2, 0.25) is 0 Å². The van der Waals surface area contributed by atoms with Gasteiger partial charge >= 0.3 is 0 Å². The molecule has 2 fully saturated rings. The monoisotopic (exact) mass is 434 g/mol. The van der Waals surface area contributed by atoms with Gasteiger partial charge in [-0.25, -0.2) is 8.78 Å². The van der Waals surface area contributed by atoms with Crippen LogP contribution in [0.3, 0.4) is 0 Å². The van der Waals surface area contributed by atoms with Crippen molar-refractivity contribution >= 4 is 23.7 Å². The number of hydrogen-bond donors (Lipinski definition) is 3. The minimum atomic E-state index is -2.56. The van der Waals surface area contributed by atoms with Gasteiger partial charge in [-0.2, -0.15) is 0 Å². The Hall–Kier alpha value is -2.97. The summed E-state index contributed by atoms with van der Waals surface area (Å²) in [5, 5.41) is 12.6. The highest BCUT2D eigenvalue weighted by molar-refractivity contribution is 5.85. The van der Waals surface area contributed by atoms with Gasteiger partial charge in [-0.3, -0.25) is 9.59 Å². The average Bonchev–Trinajstić information content (AvgIpc) is 3.34. The third kappa shape index (κ3) is 6.02. The Morgan fingerprint density at radius 3 is 2.48 bits per heavy atom. The van der Waals surface area contributed by atoms with Crippen molar-refractivity contribution in [3.8, 4) is 11.1 Å². The zero-order chi connectivity index (χ0) is 22.4. The van der Waals surface area contributed by atoms with E-state index in [0.29, 0.717) is 30.7 Å². The van der Waals surface area contributed by atoms with Crippen molar-refractivity contribution in [3.05, 3.63) is 29.7 Å². The molecule has 2 heterocycles. The molecule has 31 heavy (non-hydrogen) atoms. The van der Waals surface area contributed by atoms with Gasteiger partial charge in [0.25, 0.3) is 0 Å². The number of carbonyl (C=O) groups excluding carboxylic acids is 2. The van der Waals surface area contributed by atoms with Gasteiger partial charge in [0, 0.05) is 37.4 Å². The first-order valence-corrected chi connectivity index (χ1v) is 10.5. The second-order valence-corrected chi connectivity index (χ2v) is 7.95. The SMILES string of the molecule is Cc1noc(C)c1-c1ccc(NC2CCC(F)(F)CC2)c(NC=O)c1.O=C1CCCN1. The quantitative estimate of drug-likeness (QED) is 0.606. The van der Waals surface area contributed by atoms with Crippen molar-refractivity contribution in [3.63, 3.8) is 0 Å². The number of carbonyl (C=O) groups is 2. The fourth-order valence-electron chi connectivity index (χ4n) is 3.87. The van der Waals surface area contributed by atoms with E-state index in [1.165, 1.54) is 0 Å². The Morgan fingerprint density at radius 2 is 1.97 bits per heavy atom. The van der Waals surface area contributed by atoms with E-state index in [9.17, 15) is 18.4 Å². The molecule has 7 nitrogen and oxygen atoms in total. The molecule has 0 radical (unpaired) electrons. The van der Waals surface area contributed by atoms with Crippen LogP contribution >= 0.6 is 0 Å². The lowest BCUT2D eigenvalue weighted by atomic mass is 9.92. The van der Waals surface area contributed by atoms with Gasteiger partial charge in [0.2, 0.25) is 18.2 Å². The minimum Gasteiger partial charge on any atom is -0.381 e. The molecule has 1 saturated carbocycles. The number of anilines is 2. The number of hydrogen-bond acceptors (Lipinski definition) is 5. The van der Waals surface area contributed by atoms with E-state index in [-0.39, 0.29) is 24.8 Å². The third-order valence-electron chi connectivity index (χ3n) is 5.54. The van der Waals surface area contributed by atoms with Crippen LogP contribution < -0.4 is 16.0 Å². The predicted molar refractivity (Wildman–Crippen MR) is 114 cm³/mol. The average molecular weight is 434 g/mol. The summed E-state index contributed by atoms with van der Waals surface area (Å²) in [5.41, 5.74) is 3.85. The van der Waals surface area contributed by atoms with Crippen molar-refractivity contribution < 1.29 is 22.9 Å². The smallest absolute Gasteiger partial charge is 0.248 e. The largest absolute Gasteiger partial charge is 0.381 e. The van der Waals surface area contributed by atoms with Crippen molar-refractivity contribution in [2.24, 2.45) is 0 Å². The van der Waals surface area contributed by atoms with E-state index in [1.807, 2.05) is 32.0 Å². The summed E-state index contributed by atoms with van der Waals surface area (Å²) in [7, 11) is 0. The van der Waals surface area contributed by atoms with Crippen molar-refractivity contribution in [2.45, 2.75) is 64.3 Å². The molecule has 4 rings (SSSR count). The first-order chi connectivity index (χ1) is 14.8. The molecule has 2 amide bonds. The standard InChI is InChI=1S/C18H21F2N3O2.C4H7NO/c1-11-17(12(2)25-23-11)13-3-4-15(16(9-13)21-10-24)22-14-5-7-18(19,20)8-6-14;6-4-2-1-3-5-4/h3-4,9-10,14,22H,5-8H2,1-2H3,(H,21,24);1-3H2,(H,5,6). The van der Waals surface area contributed by atoms with Crippen molar-refractivity contribution in [2.75, 3.05) is 17.2 Å². The van der Waals surface area contributed by atoms with E-state index in [2.05, 4.69) is 21.1 Å². The predicted octanol–water partition coefficient (Wildman–Crippen LogP) is 4.41. The topological polar surface area (TPSA) is 96.3 Å². The van der Waals surface area contributed by atoms with Gasteiger partial charge in [-0.05, 0) is 50.8 Å². The number of aromatic nitrogens is 1. The molecular formula is C22H28F2N4O3. The first kappa shape index (κ1) is 22.7. The van der Waals surface area contributed by atoms with E-state index in [4.69, 9.17) is 4.52 Å². The van der Waals surface area contributed by atoms with Crippen LogP contribution in [0.15, 0.2) is 22.7 Å². The first-order valence-electron chi connectivity index (χ1n) is 10.5. The van der Waals surface area contributed by atoms with Gasteiger partial charge in [0.15, 0.2) is 0 Å². The lowest BCUT2D eigenvalue weighted by molar-refractivity contribution is -0.119. The molecule has 2 aliphatic rings. The third-order valence-corrected chi connectivity index (χ3v) is 5.54. The summed E-state index contributed by atoms with van der Waals surface area (Å²) in [6.45, 7) is 4.57. The number of aryl methyl sites for hydroxylation is 2. The molecule has 0 unspecified atom stereocenters. The maximum absolute atomic E-state index is 13.3. The number of rotatable bonds is 5. The van der Waals surface area contributed by atoms with E-state index >= 15 is 0 Å². The Kier molecular flexibility index (Phi) is 7.25. The molecule has 1 saturated heterocycles. The van der Waals surface area contributed by atoms with E-state index in [1.54, 1.807) is 0 Å². The summed E-state index contributed by atoms with van der Waals surface area (Å²) < 4.78 is 31.8. The molecule has 0 atom stereocenters. The number of alkyl halides is 2. The number of benzene rings is 1. The molecule has 1 aromatic carbocycles. The molecule has 1 aromatic heterocycles. The summed E-state index contributed by atoms with van der Waals surface area (Å²) in [6, 6.07) is 5.56. The minimum absolute atomic E-state index is 0.0308. The number of amides is 2. The molecule has 2 aromatic rings. The van der Waals surface area contributed by atoms with Crippen molar-refractivity contribution in [1.29, 1.82) is 0 Å². The highest BCUT2D eigenvalue weighted by Gasteiger charge is 2.35. The van der Waals surface area contributed by atoms with Gasteiger partial charge in [-0.1, -0.05) is 11.2 Å². The molecular weight excluding hydrogens is 406 g/mol. The zero-order valence-electron chi connectivity index (χ0n) is 17.8. The Labute approximate surface area is 179 Å². The molecule has 3 N–H and O–H groups in total. The molecule has 9 heteroatoms. The lowest BCUT2D eigenvalue weighted by Crippen LogP contribution is -2.32. The van der Waals surface area contributed by atoms with Crippen LogP contribution in [0.1, 0.15) is 50.0 Å². The number of halogens is 2.